The molecule has 0 aliphatic carbocycles. The maximum Gasteiger partial charge on any atom is 0.119 e. The van der Waals surface area contributed by atoms with Crippen molar-refractivity contribution in [1.29, 1.82) is 5.26 Å². The molecule has 3 heteroatoms. The predicted octanol–water partition coefficient (Wildman–Crippen LogP) is 3.74. The van der Waals surface area contributed by atoms with Crippen LogP contribution in [0.4, 0.5) is 5.82 Å². The van der Waals surface area contributed by atoms with Crippen LogP contribution in [0, 0.1) is 18.3 Å². The summed E-state index contributed by atoms with van der Waals surface area (Å²) >= 11 is 0. The fourth-order valence-corrected chi connectivity index (χ4v) is 2.20. The third kappa shape index (κ3) is 2.34. The normalized spacial score (nSPS) is 11.3. The van der Waals surface area contributed by atoms with Crippen LogP contribution < -0.4 is 5.73 Å². The molecule has 0 amide bonds. The molecule has 0 saturated heterocycles. The van der Waals surface area contributed by atoms with Crippen LogP contribution in [0.25, 0.3) is 11.1 Å². The van der Waals surface area contributed by atoms with Crippen LogP contribution in [0.1, 0.15) is 37.5 Å². The number of aromatic amines is 1. The summed E-state index contributed by atoms with van der Waals surface area (Å²) in [5, 5.41) is 9.17. The van der Waals surface area contributed by atoms with Crippen LogP contribution in [0.2, 0.25) is 0 Å². The fourth-order valence-electron chi connectivity index (χ4n) is 2.20. The summed E-state index contributed by atoms with van der Waals surface area (Å²) in [5.41, 5.74) is 10.8. The smallest absolute Gasteiger partial charge is 0.119 e. The zero-order chi connectivity index (χ0) is 14.2. The molecule has 19 heavy (non-hydrogen) atoms. The van der Waals surface area contributed by atoms with Gasteiger partial charge in [-0.3, -0.25) is 0 Å². The molecule has 0 radical (unpaired) electrons. The number of rotatable bonds is 1. The molecule has 0 bridgehead atoms. The Morgan fingerprint density at radius 1 is 1.21 bits per heavy atom. The van der Waals surface area contributed by atoms with E-state index >= 15 is 0 Å². The van der Waals surface area contributed by atoms with Crippen LogP contribution in [0.15, 0.2) is 24.4 Å². The average molecular weight is 253 g/mol. The Morgan fingerprint density at radius 2 is 1.89 bits per heavy atom. The summed E-state index contributed by atoms with van der Waals surface area (Å²) in [6.07, 6.45) is 1.80. The molecular formula is C16H19N3. The summed E-state index contributed by atoms with van der Waals surface area (Å²) in [7, 11) is 0. The highest BCUT2D eigenvalue weighted by Gasteiger charge is 2.17. The lowest BCUT2D eigenvalue weighted by molar-refractivity contribution is 0.590. The second kappa shape index (κ2) is 4.47. The molecule has 3 nitrogen and oxygen atoms in total. The van der Waals surface area contributed by atoms with Gasteiger partial charge in [0, 0.05) is 11.8 Å². The maximum absolute atomic E-state index is 9.17. The van der Waals surface area contributed by atoms with Crippen LogP contribution >= 0.6 is 0 Å². The summed E-state index contributed by atoms with van der Waals surface area (Å²) < 4.78 is 0. The van der Waals surface area contributed by atoms with E-state index in [2.05, 4.69) is 56.9 Å². The first-order valence-electron chi connectivity index (χ1n) is 6.33. The number of aryl methyl sites for hydroxylation is 1. The molecule has 98 valence electrons. The van der Waals surface area contributed by atoms with Crippen molar-refractivity contribution in [2.45, 2.75) is 33.1 Å². The van der Waals surface area contributed by atoms with Gasteiger partial charge >= 0.3 is 0 Å². The van der Waals surface area contributed by atoms with E-state index in [4.69, 9.17) is 5.73 Å². The van der Waals surface area contributed by atoms with E-state index in [0.29, 0.717) is 11.4 Å². The van der Waals surface area contributed by atoms with Gasteiger partial charge in [-0.05, 0) is 29.0 Å². The first-order valence-corrected chi connectivity index (χ1v) is 6.33. The number of anilines is 1. The third-order valence-electron chi connectivity index (χ3n) is 3.41. The Morgan fingerprint density at radius 3 is 2.42 bits per heavy atom. The number of nitriles is 1. The lowest BCUT2D eigenvalue weighted by Crippen LogP contribution is -2.11. The summed E-state index contributed by atoms with van der Waals surface area (Å²) in [4.78, 5) is 2.91. The highest BCUT2D eigenvalue weighted by Crippen LogP contribution is 2.32. The molecule has 1 aromatic carbocycles. The van der Waals surface area contributed by atoms with Gasteiger partial charge in [0.1, 0.15) is 17.5 Å². The van der Waals surface area contributed by atoms with Gasteiger partial charge in [0.05, 0.1) is 0 Å². The number of nitrogens with one attached hydrogen (secondary N) is 1. The Balaban J connectivity index is 2.56. The Bertz CT molecular complexity index is 652. The topological polar surface area (TPSA) is 65.6 Å². The summed E-state index contributed by atoms with van der Waals surface area (Å²) in [6.45, 7) is 8.64. The third-order valence-corrected chi connectivity index (χ3v) is 3.41. The SMILES string of the molecule is Cc1cc(C(C)(C)C)ccc1-c1c[nH]c(N)c1C#N. The quantitative estimate of drug-likeness (QED) is 0.813. The van der Waals surface area contributed by atoms with E-state index < -0.39 is 0 Å². The largest absolute Gasteiger partial charge is 0.384 e. The first-order chi connectivity index (χ1) is 8.84. The highest BCUT2D eigenvalue weighted by molar-refractivity contribution is 5.78. The van der Waals surface area contributed by atoms with Crippen LogP contribution in [0.5, 0.6) is 0 Å². The van der Waals surface area contributed by atoms with Crippen LogP contribution in [-0.2, 0) is 5.41 Å². The van der Waals surface area contributed by atoms with E-state index in [1.54, 1.807) is 6.20 Å². The van der Waals surface area contributed by atoms with E-state index in [-0.39, 0.29) is 5.41 Å². The molecular weight excluding hydrogens is 234 g/mol. The molecule has 2 aromatic rings. The van der Waals surface area contributed by atoms with Crippen molar-refractivity contribution in [2.75, 3.05) is 5.73 Å². The van der Waals surface area contributed by atoms with E-state index in [1.165, 1.54) is 5.56 Å². The van der Waals surface area contributed by atoms with Gasteiger partial charge in [0.15, 0.2) is 0 Å². The zero-order valence-electron chi connectivity index (χ0n) is 11.8. The van der Waals surface area contributed by atoms with Gasteiger partial charge in [-0.25, -0.2) is 0 Å². The molecule has 2 rings (SSSR count). The van der Waals surface area contributed by atoms with Gasteiger partial charge in [0.25, 0.3) is 0 Å². The number of hydrogen-bond donors (Lipinski definition) is 2. The fraction of sp³-hybridized carbons (Fsp3) is 0.312. The standard InChI is InChI=1S/C16H19N3/c1-10-7-11(16(2,3)4)5-6-12(10)14-9-19-15(18)13(14)8-17/h5-7,9,19H,18H2,1-4H3. The minimum Gasteiger partial charge on any atom is -0.384 e. The number of aromatic nitrogens is 1. The van der Waals surface area contributed by atoms with Gasteiger partial charge in [-0.1, -0.05) is 39.0 Å². The van der Waals surface area contributed by atoms with Crippen LogP contribution in [-0.4, -0.2) is 4.98 Å². The molecule has 1 aromatic heterocycles. The Kier molecular flexibility index (Phi) is 3.11. The molecule has 0 atom stereocenters. The first kappa shape index (κ1) is 13.2. The maximum atomic E-state index is 9.17. The molecule has 0 unspecified atom stereocenters. The van der Waals surface area contributed by atoms with E-state index in [1.807, 2.05) is 0 Å². The van der Waals surface area contributed by atoms with Crippen molar-refractivity contribution < 1.29 is 0 Å². The van der Waals surface area contributed by atoms with Gasteiger partial charge in [-0.15, -0.1) is 0 Å². The van der Waals surface area contributed by atoms with E-state index in [0.717, 1.165) is 16.7 Å². The molecule has 0 aliphatic rings. The molecule has 0 fully saturated rings. The van der Waals surface area contributed by atoms with Gasteiger partial charge < -0.3 is 10.7 Å². The molecule has 0 aliphatic heterocycles. The summed E-state index contributed by atoms with van der Waals surface area (Å²) in [6, 6.07) is 8.52. The number of H-pyrrole nitrogens is 1. The number of benzene rings is 1. The molecule has 0 saturated carbocycles. The van der Waals surface area contributed by atoms with Gasteiger partial charge in [0.2, 0.25) is 0 Å². The minimum absolute atomic E-state index is 0.124. The van der Waals surface area contributed by atoms with Crippen molar-refractivity contribution in [3.05, 3.63) is 41.1 Å². The zero-order valence-corrected chi connectivity index (χ0v) is 11.8. The van der Waals surface area contributed by atoms with Crippen molar-refractivity contribution in [1.82, 2.24) is 4.98 Å². The lowest BCUT2D eigenvalue weighted by atomic mass is 9.84. The number of hydrogen-bond acceptors (Lipinski definition) is 2. The molecule has 1 heterocycles. The van der Waals surface area contributed by atoms with Gasteiger partial charge in [-0.2, -0.15) is 5.26 Å². The van der Waals surface area contributed by atoms with Crippen molar-refractivity contribution >= 4 is 5.82 Å². The Labute approximate surface area is 114 Å². The van der Waals surface area contributed by atoms with Crippen molar-refractivity contribution in [3.8, 4) is 17.2 Å². The van der Waals surface area contributed by atoms with Crippen molar-refractivity contribution in [2.24, 2.45) is 0 Å². The highest BCUT2D eigenvalue weighted by atomic mass is 14.8. The lowest BCUT2D eigenvalue weighted by Gasteiger charge is -2.20. The second-order valence-electron chi connectivity index (χ2n) is 5.88. The number of nitrogen functional groups attached to an aromatic ring is 1. The molecule has 3 N–H and O–H groups in total. The summed E-state index contributed by atoms with van der Waals surface area (Å²) in [5.74, 6) is 0.428. The number of nitrogens with two attached hydrogens (primary N) is 1. The number of nitrogens with zero attached hydrogens (tertiary/aromatic N) is 1. The predicted molar refractivity (Wildman–Crippen MR) is 78.8 cm³/mol. The van der Waals surface area contributed by atoms with E-state index in [9.17, 15) is 5.26 Å². The second-order valence-corrected chi connectivity index (χ2v) is 5.88. The van der Waals surface area contributed by atoms with Crippen molar-refractivity contribution in [3.63, 3.8) is 0 Å². The average Bonchev–Trinajstić information content (AvgIpc) is 2.69. The Hall–Kier alpha value is -2.21. The van der Waals surface area contributed by atoms with Crippen LogP contribution in [0.3, 0.4) is 0 Å². The molecule has 0 spiro atoms. The minimum atomic E-state index is 0.124. The monoisotopic (exact) mass is 253 g/mol.